The highest BCUT2D eigenvalue weighted by Crippen LogP contribution is 2.44. The summed E-state index contributed by atoms with van der Waals surface area (Å²) in [5, 5.41) is 11.1. The Kier molecular flexibility index (Phi) is 9.06. The van der Waals surface area contributed by atoms with Gasteiger partial charge in [0.2, 0.25) is 5.88 Å². The van der Waals surface area contributed by atoms with Crippen LogP contribution in [0.25, 0.3) is 0 Å². The molecule has 0 spiro atoms. The van der Waals surface area contributed by atoms with Crippen molar-refractivity contribution < 1.29 is 23.2 Å². The van der Waals surface area contributed by atoms with E-state index in [2.05, 4.69) is 31.6 Å². The normalized spacial score (nSPS) is 32.8. The molecule has 4 aliphatic rings. The molecular weight excluding hydrogens is 558 g/mol. The summed E-state index contributed by atoms with van der Waals surface area (Å²) in [6.07, 6.45) is 3.67. The molecule has 3 saturated heterocycles. The summed E-state index contributed by atoms with van der Waals surface area (Å²) in [7, 11) is 1.62. The van der Waals surface area contributed by atoms with Crippen molar-refractivity contribution in [1.82, 2.24) is 19.8 Å². The molecule has 6 rings (SSSR count). The fraction of sp³-hybridized carbons (Fsp3) is 0.677. The number of anilines is 1. The van der Waals surface area contributed by atoms with Gasteiger partial charge in [-0.3, -0.25) is 9.80 Å². The number of alkyl halides is 2. The second kappa shape index (κ2) is 13.0. The van der Waals surface area contributed by atoms with E-state index in [0.29, 0.717) is 18.4 Å². The molecule has 1 saturated carbocycles. The minimum Gasteiger partial charge on any atom is -0.481 e. The largest absolute Gasteiger partial charge is 0.481 e. The number of piperidine rings is 2. The summed E-state index contributed by atoms with van der Waals surface area (Å²) in [5.74, 6) is 0.847. The van der Waals surface area contributed by atoms with Crippen LogP contribution >= 0.6 is 0 Å². The number of hydrogen-bond acceptors (Lipinski definition) is 9. The Morgan fingerprint density at radius 2 is 2.07 bits per heavy atom. The van der Waals surface area contributed by atoms with Gasteiger partial charge in [-0.1, -0.05) is 0 Å². The van der Waals surface area contributed by atoms with E-state index < -0.39 is 23.4 Å². The van der Waals surface area contributed by atoms with Crippen LogP contribution in [0.5, 0.6) is 5.88 Å². The first kappa shape index (κ1) is 30.1. The lowest BCUT2D eigenvalue weighted by Crippen LogP contribution is -2.68. The monoisotopic (exact) mass is 600 g/mol. The maximum atomic E-state index is 14.9. The highest BCUT2D eigenvalue weighted by atomic mass is 19.2. The van der Waals surface area contributed by atoms with E-state index in [-0.39, 0.29) is 36.3 Å². The maximum absolute atomic E-state index is 14.9. The zero-order chi connectivity index (χ0) is 30.1. The van der Waals surface area contributed by atoms with Gasteiger partial charge in [0.15, 0.2) is 12.4 Å². The van der Waals surface area contributed by atoms with Crippen molar-refractivity contribution in [2.24, 2.45) is 11.8 Å². The van der Waals surface area contributed by atoms with Crippen LogP contribution in [0.1, 0.15) is 38.2 Å². The van der Waals surface area contributed by atoms with Crippen molar-refractivity contribution in [3.8, 4) is 5.88 Å². The third-order valence-electron chi connectivity index (χ3n) is 9.98. The van der Waals surface area contributed by atoms with Crippen LogP contribution in [0.15, 0.2) is 36.7 Å². The van der Waals surface area contributed by atoms with E-state index in [1.807, 2.05) is 12.1 Å². The Balaban J connectivity index is 1.20. The summed E-state index contributed by atoms with van der Waals surface area (Å²) < 4.78 is 40.9. The molecule has 2 aromatic rings. The topological polar surface area (TPSA) is 97.1 Å². The summed E-state index contributed by atoms with van der Waals surface area (Å²) in [5.41, 5.74) is 2.04. The molecule has 0 amide bonds. The lowest BCUT2D eigenvalue weighted by atomic mass is 9.71. The molecule has 2 aromatic heterocycles. The lowest BCUT2D eigenvalue weighted by molar-refractivity contribution is -0.389. The quantitative estimate of drug-likeness (QED) is 0.312. The first-order chi connectivity index (χ1) is 20.8. The molecule has 0 radical (unpaired) electrons. The molecule has 0 aromatic carbocycles. The Morgan fingerprint density at radius 3 is 2.84 bits per heavy atom. The van der Waals surface area contributed by atoms with Crippen molar-refractivity contribution in [3.05, 3.63) is 52.3 Å². The number of hydrogen-bond donors (Lipinski definition) is 0. The Hall–Kier alpha value is -2.96. The van der Waals surface area contributed by atoms with E-state index in [1.165, 1.54) is 6.07 Å². The maximum Gasteiger partial charge on any atom is 0.363 e. The lowest BCUT2D eigenvalue weighted by Gasteiger charge is -2.57. The van der Waals surface area contributed by atoms with Crippen molar-refractivity contribution in [2.45, 2.75) is 75.6 Å². The molecule has 8 atom stereocenters. The number of halogens is 2. The van der Waals surface area contributed by atoms with Crippen molar-refractivity contribution >= 4 is 11.5 Å². The standard InChI is InChI=1S/C31H42F2N6O4/c1-20-19-43-31-29(33)26(32)14-23-12-22(17-38(20)30(23)31)16-37(11-8-21-7-9-34-28(13-21)42-2)25-4-3-10-36(18-25)24-5-6-27(35-15-24)39(40)41/h5-7,9,13,15,20,22-23,25-26,29-31H,3-4,8,10-12,14,16-19H2,1-2H3/t20?,22?,23?,25-,26?,29?,30?,31?/m0/s1. The van der Waals surface area contributed by atoms with Gasteiger partial charge in [0.25, 0.3) is 0 Å². The number of aromatic nitrogens is 2. The molecule has 12 heteroatoms. The minimum atomic E-state index is -1.55. The first-order valence-corrected chi connectivity index (χ1v) is 15.5. The fourth-order valence-corrected chi connectivity index (χ4v) is 7.89. The number of nitrogens with zero attached hydrogens (tertiary/aromatic N) is 6. The zero-order valence-corrected chi connectivity index (χ0v) is 24.9. The van der Waals surface area contributed by atoms with Gasteiger partial charge in [0.05, 0.1) is 19.4 Å². The molecule has 4 fully saturated rings. The molecular formula is C31H42F2N6O4. The molecule has 234 valence electrons. The molecule has 10 nitrogen and oxygen atoms in total. The van der Waals surface area contributed by atoms with Crippen LogP contribution in [0.4, 0.5) is 20.3 Å². The van der Waals surface area contributed by atoms with Crippen LogP contribution in [0.2, 0.25) is 0 Å². The first-order valence-electron chi connectivity index (χ1n) is 15.5. The highest BCUT2D eigenvalue weighted by molar-refractivity contribution is 5.47. The minimum absolute atomic E-state index is 0.0560. The summed E-state index contributed by atoms with van der Waals surface area (Å²) in [6.45, 7) is 6.80. The van der Waals surface area contributed by atoms with Crippen LogP contribution in [0.3, 0.4) is 0 Å². The summed E-state index contributed by atoms with van der Waals surface area (Å²) in [4.78, 5) is 26.2. The van der Waals surface area contributed by atoms with Crippen molar-refractivity contribution in [3.63, 3.8) is 0 Å². The summed E-state index contributed by atoms with van der Waals surface area (Å²) in [6, 6.07) is 7.64. The molecule has 3 aliphatic heterocycles. The van der Waals surface area contributed by atoms with Gasteiger partial charge in [0.1, 0.15) is 12.3 Å². The number of ether oxygens (including phenoxy) is 2. The fourth-order valence-electron chi connectivity index (χ4n) is 7.89. The van der Waals surface area contributed by atoms with Gasteiger partial charge in [-0.2, -0.15) is 0 Å². The number of pyridine rings is 2. The molecule has 0 N–H and O–H groups in total. The van der Waals surface area contributed by atoms with E-state index >= 15 is 0 Å². The molecule has 7 unspecified atom stereocenters. The van der Waals surface area contributed by atoms with E-state index in [4.69, 9.17) is 9.47 Å². The van der Waals surface area contributed by atoms with Crippen LogP contribution in [-0.2, 0) is 11.2 Å². The van der Waals surface area contributed by atoms with Gasteiger partial charge in [0, 0.05) is 69.2 Å². The molecule has 5 heterocycles. The summed E-state index contributed by atoms with van der Waals surface area (Å²) >= 11 is 0. The van der Waals surface area contributed by atoms with Crippen LogP contribution in [0, 0.1) is 22.0 Å². The van der Waals surface area contributed by atoms with Crippen LogP contribution in [-0.4, -0.2) is 108 Å². The average Bonchev–Trinajstić information content (AvgIpc) is 3.03. The Labute approximate surface area is 251 Å². The van der Waals surface area contributed by atoms with Crippen molar-refractivity contribution in [2.75, 3.05) is 51.3 Å². The third-order valence-corrected chi connectivity index (χ3v) is 9.98. The molecule has 0 bridgehead atoms. The van der Waals surface area contributed by atoms with Gasteiger partial charge in [-0.15, -0.1) is 0 Å². The van der Waals surface area contributed by atoms with Crippen molar-refractivity contribution in [1.29, 1.82) is 0 Å². The van der Waals surface area contributed by atoms with Gasteiger partial charge in [-0.25, -0.2) is 13.8 Å². The van der Waals surface area contributed by atoms with Gasteiger partial charge >= 0.3 is 5.82 Å². The highest BCUT2D eigenvalue weighted by Gasteiger charge is 2.54. The number of nitro groups is 1. The Morgan fingerprint density at radius 1 is 1.21 bits per heavy atom. The average molecular weight is 601 g/mol. The Bertz CT molecular complexity index is 1260. The second-order valence-electron chi connectivity index (χ2n) is 12.7. The predicted molar refractivity (Wildman–Crippen MR) is 158 cm³/mol. The number of rotatable bonds is 9. The zero-order valence-electron chi connectivity index (χ0n) is 24.9. The van der Waals surface area contributed by atoms with Gasteiger partial charge < -0.3 is 24.5 Å². The smallest absolute Gasteiger partial charge is 0.363 e. The predicted octanol–water partition coefficient (Wildman–Crippen LogP) is 4.08. The molecule has 43 heavy (non-hydrogen) atoms. The van der Waals surface area contributed by atoms with E-state index in [1.54, 1.807) is 25.6 Å². The van der Waals surface area contributed by atoms with Gasteiger partial charge in [-0.05, 0) is 78.5 Å². The SMILES string of the molecule is COc1cc(CCN(CC2CC3CC(F)C(F)C4OCC(C)N(C2)C34)[C@H]2CCCN(c3ccc([N+](=O)[O-])nc3)C2)ccn1. The number of methoxy groups -OCH3 is 1. The van der Waals surface area contributed by atoms with E-state index in [9.17, 15) is 18.9 Å². The molecule has 1 aliphatic carbocycles. The van der Waals surface area contributed by atoms with Crippen LogP contribution < -0.4 is 9.64 Å². The van der Waals surface area contributed by atoms with E-state index in [0.717, 1.165) is 69.7 Å². The number of morpholine rings is 1. The third kappa shape index (κ3) is 6.46. The second-order valence-corrected chi connectivity index (χ2v) is 12.7.